The Labute approximate surface area is 145 Å². The first-order valence-electron chi connectivity index (χ1n) is 7.49. The molecule has 0 radical (unpaired) electrons. The Hall–Kier alpha value is -1.47. The number of halogens is 2. The van der Waals surface area contributed by atoms with Gasteiger partial charge in [0.05, 0.1) is 17.6 Å². The SMILES string of the molecule is Cc1c(Cl)cccc1S(=O)(=O)N1CC(OCc2cccc(F)c2)C1. The molecule has 0 bridgehead atoms. The van der Waals surface area contributed by atoms with Crippen LogP contribution in [0.3, 0.4) is 0 Å². The van der Waals surface area contributed by atoms with Gasteiger partial charge in [0, 0.05) is 18.1 Å². The standard InChI is InChI=1S/C17H17ClFNO3S/c1-12-16(18)6-3-7-17(12)24(21,22)20-9-15(10-20)23-11-13-4-2-5-14(19)8-13/h2-8,15H,9-11H2,1H3. The molecule has 7 heteroatoms. The molecule has 3 rings (SSSR count). The summed E-state index contributed by atoms with van der Waals surface area (Å²) in [5.41, 5.74) is 1.27. The molecule has 0 unspecified atom stereocenters. The lowest BCUT2D eigenvalue weighted by Crippen LogP contribution is -2.54. The third-order valence-electron chi connectivity index (χ3n) is 4.03. The van der Waals surface area contributed by atoms with Crippen LogP contribution in [0.25, 0.3) is 0 Å². The monoisotopic (exact) mass is 369 g/mol. The Balaban J connectivity index is 1.60. The number of sulfonamides is 1. The molecule has 4 nitrogen and oxygen atoms in total. The molecule has 128 valence electrons. The van der Waals surface area contributed by atoms with E-state index in [4.69, 9.17) is 16.3 Å². The molecule has 0 amide bonds. The second kappa shape index (κ2) is 6.80. The molecule has 1 aliphatic heterocycles. The molecule has 2 aromatic carbocycles. The van der Waals surface area contributed by atoms with E-state index in [-0.39, 0.29) is 36.5 Å². The molecule has 0 aliphatic carbocycles. The van der Waals surface area contributed by atoms with Gasteiger partial charge in [-0.2, -0.15) is 4.31 Å². The fourth-order valence-electron chi connectivity index (χ4n) is 2.55. The molecule has 2 aromatic rings. The maximum absolute atomic E-state index is 13.1. The summed E-state index contributed by atoms with van der Waals surface area (Å²) >= 11 is 6.01. The van der Waals surface area contributed by atoms with E-state index in [0.29, 0.717) is 10.6 Å². The lowest BCUT2D eigenvalue weighted by Gasteiger charge is -2.38. The van der Waals surface area contributed by atoms with Gasteiger partial charge >= 0.3 is 0 Å². The summed E-state index contributed by atoms with van der Waals surface area (Å²) in [6.07, 6.45) is -0.192. The highest BCUT2D eigenvalue weighted by Crippen LogP contribution is 2.29. The van der Waals surface area contributed by atoms with Gasteiger partial charge in [0.15, 0.2) is 0 Å². The van der Waals surface area contributed by atoms with Crippen LogP contribution in [0.4, 0.5) is 4.39 Å². The molecule has 0 atom stereocenters. The fourth-order valence-corrected chi connectivity index (χ4v) is 4.53. The van der Waals surface area contributed by atoms with Gasteiger partial charge in [0.1, 0.15) is 5.82 Å². The summed E-state index contributed by atoms with van der Waals surface area (Å²) in [5, 5.41) is 0.426. The van der Waals surface area contributed by atoms with E-state index in [9.17, 15) is 12.8 Å². The lowest BCUT2D eigenvalue weighted by molar-refractivity contribution is -0.0296. The van der Waals surface area contributed by atoms with E-state index in [0.717, 1.165) is 5.56 Å². The van der Waals surface area contributed by atoms with E-state index < -0.39 is 10.0 Å². The van der Waals surface area contributed by atoms with Crippen LogP contribution in [-0.2, 0) is 21.4 Å². The summed E-state index contributed by atoms with van der Waals surface area (Å²) < 4.78 is 45.3. The highest BCUT2D eigenvalue weighted by molar-refractivity contribution is 7.89. The van der Waals surface area contributed by atoms with Gasteiger partial charge in [-0.3, -0.25) is 0 Å². The largest absolute Gasteiger partial charge is 0.371 e. The second-order valence-corrected chi connectivity index (χ2v) is 8.06. The van der Waals surface area contributed by atoms with Gasteiger partial charge in [-0.05, 0) is 42.3 Å². The van der Waals surface area contributed by atoms with E-state index in [1.807, 2.05) is 0 Å². The van der Waals surface area contributed by atoms with Gasteiger partial charge in [-0.15, -0.1) is 0 Å². The van der Waals surface area contributed by atoms with Crippen molar-refractivity contribution in [1.82, 2.24) is 4.31 Å². The van der Waals surface area contributed by atoms with Crippen LogP contribution in [0.5, 0.6) is 0 Å². The summed E-state index contributed by atoms with van der Waals surface area (Å²) in [5.74, 6) is -0.314. The van der Waals surface area contributed by atoms with Crippen molar-refractivity contribution in [3.8, 4) is 0 Å². The van der Waals surface area contributed by atoms with Crippen molar-refractivity contribution < 1.29 is 17.5 Å². The quantitative estimate of drug-likeness (QED) is 0.811. The van der Waals surface area contributed by atoms with E-state index in [1.54, 1.807) is 37.3 Å². The van der Waals surface area contributed by atoms with E-state index in [1.165, 1.54) is 16.4 Å². The minimum atomic E-state index is -3.57. The minimum absolute atomic E-state index is 0.192. The van der Waals surface area contributed by atoms with Gasteiger partial charge in [-0.1, -0.05) is 29.8 Å². The summed E-state index contributed by atoms with van der Waals surface area (Å²) in [4.78, 5) is 0.221. The van der Waals surface area contributed by atoms with Crippen LogP contribution in [-0.4, -0.2) is 31.9 Å². The summed E-state index contributed by atoms with van der Waals surface area (Å²) in [7, 11) is -3.57. The normalized spacial score (nSPS) is 16.1. The highest BCUT2D eigenvalue weighted by atomic mass is 35.5. The Morgan fingerprint density at radius 2 is 1.96 bits per heavy atom. The summed E-state index contributed by atoms with van der Waals surface area (Å²) in [6, 6.07) is 11.0. The van der Waals surface area contributed by atoms with Crippen molar-refractivity contribution in [3.05, 3.63) is 64.4 Å². The Bertz CT molecular complexity index is 851. The minimum Gasteiger partial charge on any atom is -0.371 e. The maximum atomic E-state index is 13.1. The van der Waals surface area contributed by atoms with Crippen molar-refractivity contribution in [3.63, 3.8) is 0 Å². The van der Waals surface area contributed by atoms with Crippen molar-refractivity contribution in [2.45, 2.75) is 24.5 Å². The molecule has 1 fully saturated rings. The molecule has 0 N–H and O–H groups in total. The lowest BCUT2D eigenvalue weighted by atomic mass is 10.2. The van der Waals surface area contributed by atoms with Crippen LogP contribution in [0.15, 0.2) is 47.4 Å². The van der Waals surface area contributed by atoms with Crippen molar-refractivity contribution in [1.29, 1.82) is 0 Å². The van der Waals surface area contributed by atoms with Crippen molar-refractivity contribution >= 4 is 21.6 Å². The molecular weight excluding hydrogens is 353 g/mol. The molecule has 1 saturated heterocycles. The average molecular weight is 370 g/mol. The first kappa shape index (κ1) is 17.4. The first-order chi connectivity index (χ1) is 11.4. The van der Waals surface area contributed by atoms with Gasteiger partial charge in [0.2, 0.25) is 10.0 Å². The fraction of sp³-hybridized carbons (Fsp3) is 0.294. The Kier molecular flexibility index (Phi) is 4.92. The molecular formula is C17H17ClFNO3S. The molecule has 24 heavy (non-hydrogen) atoms. The topological polar surface area (TPSA) is 46.6 Å². The van der Waals surface area contributed by atoms with Crippen LogP contribution in [0.1, 0.15) is 11.1 Å². The number of hydrogen-bond donors (Lipinski definition) is 0. The number of nitrogens with zero attached hydrogens (tertiary/aromatic N) is 1. The summed E-state index contributed by atoms with van der Waals surface area (Å²) in [6.45, 7) is 2.51. The number of benzene rings is 2. The number of hydrogen-bond acceptors (Lipinski definition) is 3. The number of rotatable bonds is 5. The Morgan fingerprint density at radius 3 is 2.67 bits per heavy atom. The van der Waals surface area contributed by atoms with Crippen LogP contribution in [0.2, 0.25) is 5.02 Å². The predicted molar refractivity (Wildman–Crippen MR) is 89.9 cm³/mol. The second-order valence-electron chi connectivity index (χ2n) is 5.75. The molecule has 0 saturated carbocycles. The Morgan fingerprint density at radius 1 is 1.25 bits per heavy atom. The van der Waals surface area contributed by atoms with Crippen LogP contribution >= 0.6 is 11.6 Å². The van der Waals surface area contributed by atoms with E-state index in [2.05, 4.69) is 0 Å². The zero-order valence-electron chi connectivity index (χ0n) is 13.1. The zero-order valence-corrected chi connectivity index (χ0v) is 14.6. The maximum Gasteiger partial charge on any atom is 0.243 e. The zero-order chi connectivity index (χ0) is 17.3. The molecule has 1 aliphatic rings. The molecule has 0 aromatic heterocycles. The third-order valence-corrected chi connectivity index (χ3v) is 6.41. The smallest absolute Gasteiger partial charge is 0.243 e. The molecule has 1 heterocycles. The van der Waals surface area contributed by atoms with Crippen molar-refractivity contribution in [2.75, 3.05) is 13.1 Å². The van der Waals surface area contributed by atoms with Gasteiger partial charge in [-0.25, -0.2) is 12.8 Å². The molecule has 0 spiro atoms. The van der Waals surface area contributed by atoms with Gasteiger partial charge < -0.3 is 4.74 Å². The van der Waals surface area contributed by atoms with Crippen LogP contribution < -0.4 is 0 Å². The average Bonchev–Trinajstić information content (AvgIpc) is 2.48. The predicted octanol–water partition coefficient (Wildman–Crippen LogP) is 3.38. The van der Waals surface area contributed by atoms with Gasteiger partial charge in [0.25, 0.3) is 0 Å². The van der Waals surface area contributed by atoms with Crippen molar-refractivity contribution in [2.24, 2.45) is 0 Å². The third kappa shape index (κ3) is 3.47. The highest BCUT2D eigenvalue weighted by Gasteiger charge is 2.38. The van der Waals surface area contributed by atoms with Crippen LogP contribution in [0, 0.1) is 12.7 Å². The van der Waals surface area contributed by atoms with E-state index >= 15 is 0 Å². The number of ether oxygens (including phenoxy) is 1. The first-order valence-corrected chi connectivity index (χ1v) is 9.31.